The van der Waals surface area contributed by atoms with Crippen molar-refractivity contribution < 1.29 is 0 Å². The molecule has 3 saturated carbocycles. The van der Waals surface area contributed by atoms with Gasteiger partial charge in [0.05, 0.1) is 0 Å². The summed E-state index contributed by atoms with van der Waals surface area (Å²) in [6, 6.07) is 0. The summed E-state index contributed by atoms with van der Waals surface area (Å²) in [4.78, 5) is 0. The van der Waals surface area contributed by atoms with Crippen LogP contribution in [0, 0.1) is 5.92 Å². The van der Waals surface area contributed by atoms with Crippen molar-refractivity contribution in [3.63, 3.8) is 0 Å². The van der Waals surface area contributed by atoms with Crippen molar-refractivity contribution in [3.8, 4) is 0 Å². The molecule has 1 N–H and O–H groups in total. The van der Waals surface area contributed by atoms with Gasteiger partial charge in [-0.25, -0.2) is 0 Å². The lowest BCUT2D eigenvalue weighted by Gasteiger charge is -2.50. The van der Waals surface area contributed by atoms with Crippen molar-refractivity contribution in [2.75, 3.05) is 0 Å². The lowest BCUT2D eigenvalue weighted by Crippen LogP contribution is -2.57. The number of nitrogens with one attached hydrogen (secondary N) is 1. The van der Waals surface area contributed by atoms with Crippen molar-refractivity contribution >= 4 is 0 Å². The van der Waals surface area contributed by atoms with E-state index in [1.807, 2.05) is 0 Å². The van der Waals surface area contributed by atoms with Crippen LogP contribution in [-0.2, 0) is 0 Å². The Morgan fingerprint density at radius 3 is 1.85 bits per heavy atom. The third-order valence-corrected chi connectivity index (χ3v) is 3.73. The monoisotopic (exact) mass is 181 g/mol. The molecule has 2 bridgehead atoms. The minimum absolute atomic E-state index is 0.296. The number of hydrogen-bond donors (Lipinski definition) is 1. The van der Waals surface area contributed by atoms with Gasteiger partial charge >= 0.3 is 0 Å². The van der Waals surface area contributed by atoms with Crippen LogP contribution < -0.4 is 5.32 Å². The van der Waals surface area contributed by atoms with Crippen molar-refractivity contribution in [1.82, 2.24) is 5.32 Å². The smallest absolute Gasteiger partial charge is 0.0186 e. The fourth-order valence-corrected chi connectivity index (χ4v) is 3.23. The normalized spacial score (nSPS) is 39.5. The van der Waals surface area contributed by atoms with Crippen molar-refractivity contribution in [1.29, 1.82) is 0 Å². The number of fused-ring (bicyclic) bond motifs is 3. The maximum absolute atomic E-state index is 3.86. The highest BCUT2D eigenvalue weighted by Gasteiger charge is 2.41. The van der Waals surface area contributed by atoms with Crippen LogP contribution in [0.4, 0.5) is 0 Å². The summed E-state index contributed by atoms with van der Waals surface area (Å²) >= 11 is 0. The van der Waals surface area contributed by atoms with Gasteiger partial charge in [0.25, 0.3) is 0 Å². The Labute approximate surface area is 82.3 Å². The van der Waals surface area contributed by atoms with E-state index < -0.39 is 0 Å². The highest BCUT2D eigenvalue weighted by atomic mass is 15.0. The maximum Gasteiger partial charge on any atom is 0.0186 e. The molecular weight excluding hydrogens is 158 g/mol. The van der Waals surface area contributed by atoms with Gasteiger partial charge in [-0.3, -0.25) is 0 Å². The fraction of sp³-hybridized carbons (Fsp3) is 1.00. The third-order valence-electron chi connectivity index (χ3n) is 3.73. The van der Waals surface area contributed by atoms with E-state index >= 15 is 0 Å². The molecule has 0 radical (unpaired) electrons. The molecule has 0 unspecified atom stereocenters. The molecule has 3 rings (SSSR count). The highest BCUT2D eigenvalue weighted by molar-refractivity contribution is 5.00. The Morgan fingerprint density at radius 1 is 1.00 bits per heavy atom. The van der Waals surface area contributed by atoms with Crippen LogP contribution in [0.25, 0.3) is 0 Å². The molecule has 76 valence electrons. The molecule has 3 aliphatic carbocycles. The second-order valence-electron chi connectivity index (χ2n) is 6.14. The Morgan fingerprint density at radius 2 is 1.46 bits per heavy atom. The van der Waals surface area contributed by atoms with Gasteiger partial charge in [0, 0.05) is 11.1 Å². The second kappa shape index (κ2) is 2.98. The summed E-state index contributed by atoms with van der Waals surface area (Å²) in [6.45, 7) is 6.88. The molecule has 3 aliphatic rings. The molecule has 0 aromatic heterocycles. The zero-order valence-electron chi connectivity index (χ0n) is 9.32. The molecule has 0 aromatic rings. The molecule has 13 heavy (non-hydrogen) atoms. The first-order chi connectivity index (χ1) is 5.99. The van der Waals surface area contributed by atoms with Gasteiger partial charge in [-0.2, -0.15) is 0 Å². The molecule has 1 nitrogen and oxygen atoms in total. The number of hydrogen-bond acceptors (Lipinski definition) is 1. The van der Waals surface area contributed by atoms with E-state index in [-0.39, 0.29) is 0 Å². The predicted molar refractivity (Wildman–Crippen MR) is 56.8 cm³/mol. The van der Waals surface area contributed by atoms with Gasteiger partial charge < -0.3 is 5.32 Å². The molecule has 0 amide bonds. The van der Waals surface area contributed by atoms with Crippen LogP contribution in [0.2, 0.25) is 0 Å². The molecule has 0 aromatic carbocycles. The zero-order chi connectivity index (χ0) is 9.53. The second-order valence-corrected chi connectivity index (χ2v) is 6.14. The van der Waals surface area contributed by atoms with Crippen LogP contribution in [-0.4, -0.2) is 11.1 Å². The summed E-state index contributed by atoms with van der Waals surface area (Å²) in [5.74, 6) is 1.07. The minimum atomic E-state index is 0.296. The lowest BCUT2D eigenvalue weighted by molar-refractivity contribution is 0.0807. The fourth-order valence-electron chi connectivity index (χ4n) is 3.23. The highest BCUT2D eigenvalue weighted by Crippen LogP contribution is 2.44. The molecule has 3 fully saturated rings. The summed E-state index contributed by atoms with van der Waals surface area (Å²) in [7, 11) is 0. The maximum atomic E-state index is 3.86. The van der Waals surface area contributed by atoms with Gasteiger partial charge in [-0.1, -0.05) is 0 Å². The van der Waals surface area contributed by atoms with Gasteiger partial charge in [0.1, 0.15) is 0 Å². The molecule has 0 aliphatic heterocycles. The van der Waals surface area contributed by atoms with Gasteiger partial charge in [-0.05, 0) is 65.2 Å². The van der Waals surface area contributed by atoms with E-state index in [9.17, 15) is 0 Å². The van der Waals surface area contributed by atoms with E-state index in [2.05, 4.69) is 26.1 Å². The molecular formula is C12H23N. The first-order valence-electron chi connectivity index (χ1n) is 5.79. The van der Waals surface area contributed by atoms with E-state index in [0.29, 0.717) is 11.1 Å². The van der Waals surface area contributed by atoms with E-state index in [0.717, 1.165) is 5.92 Å². The summed E-state index contributed by atoms with van der Waals surface area (Å²) in [5, 5.41) is 3.86. The first kappa shape index (κ1) is 9.51. The first-order valence-corrected chi connectivity index (χ1v) is 5.79. The SMILES string of the molecule is CC(C)(C)NC12CCC(CC1)CC2. The van der Waals surface area contributed by atoms with Crippen LogP contribution in [0.5, 0.6) is 0 Å². The molecule has 0 saturated heterocycles. The molecule has 0 atom stereocenters. The van der Waals surface area contributed by atoms with Crippen LogP contribution in [0.3, 0.4) is 0 Å². The quantitative estimate of drug-likeness (QED) is 0.655. The average molecular weight is 181 g/mol. The largest absolute Gasteiger partial charge is 0.307 e. The topological polar surface area (TPSA) is 12.0 Å². The van der Waals surface area contributed by atoms with E-state index in [4.69, 9.17) is 0 Å². The van der Waals surface area contributed by atoms with Gasteiger partial charge in [0.15, 0.2) is 0 Å². The van der Waals surface area contributed by atoms with Crippen LogP contribution in [0.15, 0.2) is 0 Å². The van der Waals surface area contributed by atoms with E-state index in [1.165, 1.54) is 38.5 Å². The van der Waals surface area contributed by atoms with Crippen molar-refractivity contribution in [3.05, 3.63) is 0 Å². The zero-order valence-corrected chi connectivity index (χ0v) is 9.32. The molecule has 0 spiro atoms. The average Bonchev–Trinajstić information content (AvgIpc) is 2.03. The Kier molecular flexibility index (Phi) is 2.18. The number of rotatable bonds is 1. The molecule has 1 heteroatoms. The standard InChI is InChI=1S/C12H23N/c1-11(2,3)13-12-7-4-10(5-8-12)6-9-12/h10,13H,4-9H2,1-3H3. The Hall–Kier alpha value is -0.0400. The summed E-state index contributed by atoms with van der Waals surface area (Å²) in [5.41, 5.74) is 0.817. The van der Waals surface area contributed by atoms with E-state index in [1.54, 1.807) is 0 Å². The van der Waals surface area contributed by atoms with Crippen molar-refractivity contribution in [2.45, 2.75) is 70.4 Å². The van der Waals surface area contributed by atoms with Crippen LogP contribution >= 0.6 is 0 Å². The predicted octanol–water partition coefficient (Wildman–Crippen LogP) is 3.10. The third kappa shape index (κ3) is 2.07. The van der Waals surface area contributed by atoms with Gasteiger partial charge in [0.2, 0.25) is 0 Å². The Bertz CT molecular complexity index is 168. The Balaban J connectivity index is 2.03. The minimum Gasteiger partial charge on any atom is -0.307 e. The summed E-state index contributed by atoms with van der Waals surface area (Å²) < 4.78 is 0. The summed E-state index contributed by atoms with van der Waals surface area (Å²) in [6.07, 6.45) is 8.70. The van der Waals surface area contributed by atoms with Crippen molar-refractivity contribution in [2.24, 2.45) is 5.92 Å². The lowest BCUT2D eigenvalue weighted by atomic mass is 9.65. The molecule has 0 heterocycles. The van der Waals surface area contributed by atoms with Gasteiger partial charge in [-0.15, -0.1) is 0 Å². The van der Waals surface area contributed by atoms with Crippen LogP contribution in [0.1, 0.15) is 59.3 Å².